The predicted octanol–water partition coefficient (Wildman–Crippen LogP) is 4.17. The average molecular weight is 439 g/mol. The molecule has 0 radical (unpaired) electrons. The van der Waals surface area contributed by atoms with Gasteiger partial charge in [0.15, 0.2) is 0 Å². The quantitative estimate of drug-likeness (QED) is 0.561. The lowest BCUT2D eigenvalue weighted by molar-refractivity contribution is -0.0589. The molecule has 5 nitrogen and oxygen atoms in total. The van der Waals surface area contributed by atoms with Gasteiger partial charge in [-0.3, -0.25) is 0 Å². The van der Waals surface area contributed by atoms with Crippen molar-refractivity contribution < 1.29 is 18.7 Å². The summed E-state index contributed by atoms with van der Waals surface area (Å²) in [7, 11) is 1.36. The highest BCUT2D eigenvalue weighted by atomic mass is 79.9. The molecule has 1 aliphatic rings. The molecule has 1 saturated heterocycles. The first-order valence-corrected chi connectivity index (χ1v) is 9.79. The first-order chi connectivity index (χ1) is 12.5. The van der Waals surface area contributed by atoms with E-state index in [9.17, 15) is 9.18 Å². The molecule has 1 atom stereocenters. The number of halogens is 2. The van der Waals surface area contributed by atoms with Gasteiger partial charge < -0.3 is 14.0 Å². The third kappa shape index (κ3) is 3.28. The van der Waals surface area contributed by atoms with E-state index in [4.69, 9.17) is 9.47 Å². The van der Waals surface area contributed by atoms with Crippen LogP contribution in [-0.4, -0.2) is 35.3 Å². The minimum Gasteiger partial charge on any atom is -0.465 e. The highest BCUT2D eigenvalue weighted by Crippen LogP contribution is 2.30. The van der Waals surface area contributed by atoms with Crippen molar-refractivity contribution >= 4 is 43.6 Å². The monoisotopic (exact) mass is 438 g/mol. The van der Waals surface area contributed by atoms with Crippen LogP contribution in [0.15, 0.2) is 28.7 Å². The number of aromatic nitrogens is 2. The number of thiophene rings is 1. The lowest BCUT2D eigenvalue weighted by atomic mass is 10.1. The molecule has 0 bridgehead atoms. The van der Waals surface area contributed by atoms with E-state index >= 15 is 0 Å². The Balaban J connectivity index is 1.73. The Morgan fingerprint density at radius 3 is 2.96 bits per heavy atom. The van der Waals surface area contributed by atoms with Crippen LogP contribution in [0.2, 0.25) is 0 Å². The molecule has 1 unspecified atom stereocenters. The van der Waals surface area contributed by atoms with E-state index in [0.717, 1.165) is 29.2 Å². The van der Waals surface area contributed by atoms with Crippen LogP contribution in [0, 0.1) is 5.82 Å². The number of imidazole rings is 1. The molecular formula is C18H16BrFN2O3S. The number of fused-ring (bicyclic) bond motifs is 1. The summed E-state index contributed by atoms with van der Waals surface area (Å²) in [5.74, 6) is 0.117. The molecule has 3 aromatic rings. The fourth-order valence-electron chi connectivity index (χ4n) is 2.97. The van der Waals surface area contributed by atoms with Crippen molar-refractivity contribution in [2.45, 2.75) is 25.5 Å². The van der Waals surface area contributed by atoms with Gasteiger partial charge in [-0.25, -0.2) is 14.2 Å². The second-order valence-corrected chi connectivity index (χ2v) is 8.07. The van der Waals surface area contributed by atoms with E-state index in [1.54, 1.807) is 12.1 Å². The number of methoxy groups -OCH3 is 1. The van der Waals surface area contributed by atoms with Crippen LogP contribution in [0.5, 0.6) is 0 Å². The number of ether oxygens (including phenoxy) is 2. The van der Waals surface area contributed by atoms with Gasteiger partial charge in [-0.15, -0.1) is 11.3 Å². The summed E-state index contributed by atoms with van der Waals surface area (Å²) in [6.07, 6.45) is 1.49. The van der Waals surface area contributed by atoms with Crippen LogP contribution in [0.1, 0.15) is 27.5 Å². The summed E-state index contributed by atoms with van der Waals surface area (Å²) in [5.41, 5.74) is 1.44. The molecule has 2 aromatic heterocycles. The summed E-state index contributed by atoms with van der Waals surface area (Å²) in [4.78, 5) is 17.7. The van der Waals surface area contributed by atoms with Crippen LogP contribution < -0.4 is 0 Å². The van der Waals surface area contributed by atoms with Gasteiger partial charge in [0.1, 0.15) is 21.3 Å². The zero-order valence-electron chi connectivity index (χ0n) is 14.0. The maximum absolute atomic E-state index is 14.3. The van der Waals surface area contributed by atoms with Gasteiger partial charge in [0.2, 0.25) is 0 Å². The maximum atomic E-state index is 14.3. The number of nitrogens with zero attached hydrogens (tertiary/aromatic N) is 2. The van der Waals surface area contributed by atoms with Crippen LogP contribution in [0.4, 0.5) is 4.39 Å². The summed E-state index contributed by atoms with van der Waals surface area (Å²) in [6, 6.07) is 6.82. The molecular weight excluding hydrogens is 423 g/mol. The van der Waals surface area contributed by atoms with Crippen molar-refractivity contribution in [3.63, 3.8) is 0 Å². The van der Waals surface area contributed by atoms with E-state index in [0.29, 0.717) is 27.9 Å². The minimum absolute atomic E-state index is 0.127. The number of benzene rings is 1. The van der Waals surface area contributed by atoms with Crippen LogP contribution in [0.25, 0.3) is 10.3 Å². The Kier molecular flexibility index (Phi) is 4.81. The summed E-state index contributed by atoms with van der Waals surface area (Å²) in [6.45, 7) is 1.40. The first-order valence-electron chi connectivity index (χ1n) is 8.18. The zero-order valence-corrected chi connectivity index (χ0v) is 16.4. The largest absolute Gasteiger partial charge is 0.465 e. The van der Waals surface area contributed by atoms with E-state index in [-0.39, 0.29) is 17.9 Å². The molecule has 0 amide bonds. The second-order valence-electron chi connectivity index (χ2n) is 6.13. The topological polar surface area (TPSA) is 53.3 Å². The predicted molar refractivity (Wildman–Crippen MR) is 100 cm³/mol. The van der Waals surface area contributed by atoms with E-state index in [1.807, 2.05) is 10.6 Å². The van der Waals surface area contributed by atoms with Gasteiger partial charge in [-0.2, -0.15) is 0 Å². The maximum Gasteiger partial charge on any atom is 0.348 e. The third-order valence-corrected chi connectivity index (χ3v) is 5.95. The number of carbonyl (C=O) groups excluding carboxylic acids is 1. The smallest absolute Gasteiger partial charge is 0.348 e. The van der Waals surface area contributed by atoms with Gasteiger partial charge in [0.25, 0.3) is 0 Å². The lowest BCUT2D eigenvalue weighted by Gasteiger charge is -2.27. The zero-order chi connectivity index (χ0) is 18.3. The number of carbonyl (C=O) groups is 1. The first kappa shape index (κ1) is 17.6. The van der Waals surface area contributed by atoms with Gasteiger partial charge >= 0.3 is 5.97 Å². The fourth-order valence-corrected chi connectivity index (χ4v) is 4.27. The summed E-state index contributed by atoms with van der Waals surface area (Å²) >= 11 is 4.56. The van der Waals surface area contributed by atoms with Crippen LogP contribution in [0.3, 0.4) is 0 Å². The highest BCUT2D eigenvalue weighted by molar-refractivity contribution is 9.10. The minimum atomic E-state index is -0.375. The van der Waals surface area contributed by atoms with Crippen molar-refractivity contribution in [2.24, 2.45) is 0 Å². The van der Waals surface area contributed by atoms with Gasteiger partial charge in [-0.05, 0) is 30.2 Å². The van der Waals surface area contributed by atoms with E-state index in [1.165, 1.54) is 24.5 Å². The SMILES string of the molecule is COC(=O)c1cc2c(nc(Cc3ccc(Br)cc3F)n2CC2CCO2)s1. The van der Waals surface area contributed by atoms with Crippen molar-refractivity contribution in [3.05, 3.63) is 50.8 Å². The van der Waals surface area contributed by atoms with Gasteiger partial charge in [-0.1, -0.05) is 22.0 Å². The van der Waals surface area contributed by atoms with Crippen LogP contribution >= 0.6 is 27.3 Å². The molecule has 26 heavy (non-hydrogen) atoms. The molecule has 3 heterocycles. The Labute approximate surface area is 161 Å². The van der Waals surface area contributed by atoms with Crippen molar-refractivity contribution in [1.82, 2.24) is 9.55 Å². The summed E-state index contributed by atoms with van der Waals surface area (Å²) < 4.78 is 27.3. The van der Waals surface area contributed by atoms with Crippen molar-refractivity contribution in [2.75, 3.05) is 13.7 Å². The molecule has 0 aliphatic carbocycles. The normalized spacial score (nSPS) is 16.7. The molecule has 1 aromatic carbocycles. The van der Waals surface area contributed by atoms with Crippen molar-refractivity contribution in [1.29, 1.82) is 0 Å². The van der Waals surface area contributed by atoms with E-state index in [2.05, 4.69) is 20.9 Å². The Bertz CT molecular complexity index is 980. The van der Waals surface area contributed by atoms with Gasteiger partial charge in [0.05, 0.1) is 25.3 Å². The molecule has 4 rings (SSSR count). The Morgan fingerprint density at radius 1 is 1.50 bits per heavy atom. The standard InChI is InChI=1S/C18H16BrFN2O3S/c1-24-18(23)15-8-14-17(26-15)21-16(22(14)9-12-4-5-25-12)6-10-2-3-11(19)7-13(10)20/h2-3,7-8,12H,4-6,9H2,1H3. The highest BCUT2D eigenvalue weighted by Gasteiger charge is 2.24. The molecule has 0 spiro atoms. The number of esters is 1. The van der Waals surface area contributed by atoms with Gasteiger partial charge in [0, 0.05) is 17.5 Å². The molecule has 1 aliphatic heterocycles. The molecule has 0 N–H and O–H groups in total. The fraction of sp³-hybridized carbons (Fsp3) is 0.333. The number of hydrogen-bond donors (Lipinski definition) is 0. The van der Waals surface area contributed by atoms with Crippen molar-refractivity contribution in [3.8, 4) is 0 Å². The van der Waals surface area contributed by atoms with E-state index < -0.39 is 0 Å². The lowest BCUT2D eigenvalue weighted by Crippen LogP contribution is -2.31. The number of rotatable bonds is 5. The molecule has 1 fully saturated rings. The molecule has 136 valence electrons. The molecule has 8 heteroatoms. The Hall–Kier alpha value is -1.77. The third-order valence-electron chi connectivity index (χ3n) is 4.46. The molecule has 0 saturated carbocycles. The second kappa shape index (κ2) is 7.09. The average Bonchev–Trinajstić information content (AvgIpc) is 3.11. The summed E-state index contributed by atoms with van der Waals surface area (Å²) in [5, 5.41) is 0. The number of hydrogen-bond acceptors (Lipinski definition) is 5. The Morgan fingerprint density at radius 2 is 2.31 bits per heavy atom. The van der Waals surface area contributed by atoms with Crippen LogP contribution in [-0.2, 0) is 22.4 Å².